The van der Waals surface area contributed by atoms with Crippen LogP contribution in [0.3, 0.4) is 0 Å². The van der Waals surface area contributed by atoms with Gasteiger partial charge in [-0.3, -0.25) is 9.56 Å². The van der Waals surface area contributed by atoms with Gasteiger partial charge in [-0.15, -0.1) is 0 Å². The van der Waals surface area contributed by atoms with E-state index in [-0.39, 0.29) is 5.92 Å². The fourth-order valence-corrected chi connectivity index (χ4v) is 16.0. The molecule has 1 unspecified atom stereocenters. The molecule has 3 heterocycles. The minimum absolute atomic E-state index is 0.177. The third kappa shape index (κ3) is 9.31. The zero-order valence-corrected chi connectivity index (χ0v) is 54.3. The third-order valence-electron chi connectivity index (χ3n) is 20.6. The second kappa shape index (κ2) is 23.3. The molecule has 1 aliphatic heterocycles. The first-order valence-electron chi connectivity index (χ1n) is 34.3. The highest BCUT2D eigenvalue weighted by Crippen LogP contribution is 2.50. The molecule has 1 atom stereocenters. The summed E-state index contributed by atoms with van der Waals surface area (Å²) in [6.07, 6.45) is 0. The van der Waals surface area contributed by atoms with Crippen molar-refractivity contribution in [3.8, 4) is 84.5 Å². The lowest BCUT2D eigenvalue weighted by Gasteiger charge is -2.21. The average Bonchev–Trinajstić information content (AvgIpc) is 1.01. The van der Waals surface area contributed by atoms with E-state index in [1.54, 1.807) is 0 Å². The predicted molar refractivity (Wildman–Crippen MR) is 418 cm³/mol. The molecule has 5 nitrogen and oxygen atoms in total. The molecule has 17 aromatic carbocycles. The van der Waals surface area contributed by atoms with Crippen LogP contribution in [0.1, 0.15) is 28.2 Å². The maximum absolute atomic E-state index is 5.92. The number of nitrogens with zero attached hydrogens (tertiary/aromatic N) is 5. The standard InChI is InChI=1S/C95H59N5/c1-7-21-59(22-8-1)86-87(90(68-25-11-3-12-26-68)96-89(86)67-23-9-2-10-24-67)66-41-43-72(44-42-66)94-97-88(70-45-51-75(52-46-70)100-93(71-29-15-5-16-30-71)91(69-27-13-4-14-28-69)99-95(100)73-31-17-6-18-32-73)81-58-74(76-53-47-64-39-37-60-33-19-35-62-49-55-78(76)84(64)82(60)62)57-80(92(81)98-94)77-54-48-65-40-38-61-34-20-36-63-50-56-79(77)85(65)83(61)63/h1-58,87H. The Morgan fingerprint density at radius 1 is 0.270 bits per heavy atom. The van der Waals surface area contributed by atoms with Crippen LogP contribution < -0.4 is 0 Å². The molecule has 5 heteroatoms. The first kappa shape index (κ1) is 57.1. The van der Waals surface area contributed by atoms with Crippen LogP contribution in [0.5, 0.6) is 0 Å². The Labute approximate surface area is 578 Å². The van der Waals surface area contributed by atoms with Gasteiger partial charge >= 0.3 is 0 Å². The van der Waals surface area contributed by atoms with Crippen molar-refractivity contribution in [3.63, 3.8) is 0 Å². The van der Waals surface area contributed by atoms with Crippen molar-refractivity contribution in [2.75, 3.05) is 0 Å². The molecule has 0 amide bonds. The number of imidazole rings is 1. The van der Waals surface area contributed by atoms with Gasteiger partial charge in [0.05, 0.1) is 39.9 Å². The molecular formula is C95H59N5. The fraction of sp³-hybridized carbons (Fsp3) is 0.0105. The van der Waals surface area contributed by atoms with E-state index in [9.17, 15) is 0 Å². The molecule has 20 rings (SSSR count). The number of fused-ring (bicyclic) bond motifs is 1. The van der Waals surface area contributed by atoms with Crippen LogP contribution in [-0.4, -0.2) is 25.2 Å². The molecular weight excluding hydrogens is 1210 g/mol. The van der Waals surface area contributed by atoms with Crippen LogP contribution in [0, 0.1) is 0 Å². The van der Waals surface area contributed by atoms with Crippen molar-refractivity contribution in [2.45, 2.75) is 5.92 Å². The van der Waals surface area contributed by atoms with Gasteiger partial charge in [0, 0.05) is 50.0 Å². The first-order valence-corrected chi connectivity index (χ1v) is 34.3. The highest BCUT2D eigenvalue weighted by Gasteiger charge is 2.34. The van der Waals surface area contributed by atoms with Crippen molar-refractivity contribution in [1.29, 1.82) is 0 Å². The Morgan fingerprint density at radius 3 is 1.31 bits per heavy atom. The second-order valence-electron chi connectivity index (χ2n) is 26.3. The minimum atomic E-state index is -0.177. The summed E-state index contributed by atoms with van der Waals surface area (Å²) in [4.78, 5) is 23.0. The molecule has 0 bridgehead atoms. The molecule has 19 aromatic rings. The minimum Gasteiger partial charge on any atom is -0.292 e. The first-order chi connectivity index (χ1) is 49.6. The highest BCUT2D eigenvalue weighted by atomic mass is 15.1. The molecule has 0 saturated heterocycles. The Kier molecular flexibility index (Phi) is 13.3. The van der Waals surface area contributed by atoms with E-state index in [2.05, 4.69) is 356 Å². The Balaban J connectivity index is 0.843. The maximum atomic E-state index is 5.92. The van der Waals surface area contributed by atoms with Crippen LogP contribution >= 0.6 is 0 Å². The Hall–Kier alpha value is -13.2. The maximum Gasteiger partial charge on any atom is 0.160 e. The van der Waals surface area contributed by atoms with Gasteiger partial charge in [-0.1, -0.05) is 328 Å². The van der Waals surface area contributed by atoms with Gasteiger partial charge in [-0.25, -0.2) is 15.0 Å². The molecule has 1 aliphatic rings. The van der Waals surface area contributed by atoms with Gasteiger partial charge in [-0.2, -0.15) is 0 Å². The summed E-state index contributed by atoms with van der Waals surface area (Å²) in [6, 6.07) is 127. The summed E-state index contributed by atoms with van der Waals surface area (Å²) in [5.74, 6) is 1.30. The molecule has 464 valence electrons. The number of aliphatic imine (C=N–C) groups is 1. The number of benzene rings is 17. The average molecular weight is 1270 g/mol. The highest BCUT2D eigenvalue weighted by molar-refractivity contribution is 6.28. The van der Waals surface area contributed by atoms with Crippen molar-refractivity contribution in [3.05, 3.63) is 374 Å². The molecule has 0 N–H and O–H groups in total. The summed E-state index contributed by atoms with van der Waals surface area (Å²) in [5, 5.41) is 15.7. The van der Waals surface area contributed by atoms with Gasteiger partial charge in [0.1, 0.15) is 5.82 Å². The van der Waals surface area contributed by atoms with Crippen LogP contribution in [-0.2, 0) is 0 Å². The molecule has 0 fully saturated rings. The van der Waals surface area contributed by atoms with E-state index in [0.29, 0.717) is 5.82 Å². The van der Waals surface area contributed by atoms with E-state index < -0.39 is 0 Å². The third-order valence-corrected chi connectivity index (χ3v) is 20.6. The van der Waals surface area contributed by atoms with Crippen LogP contribution in [0.2, 0.25) is 0 Å². The monoisotopic (exact) mass is 1270 g/mol. The summed E-state index contributed by atoms with van der Waals surface area (Å²) in [6.45, 7) is 0. The molecule has 0 radical (unpaired) electrons. The number of hydrogen-bond donors (Lipinski definition) is 0. The van der Waals surface area contributed by atoms with Crippen molar-refractivity contribution in [2.24, 2.45) is 4.99 Å². The number of allylic oxidation sites excluding steroid dienone is 1. The fourth-order valence-electron chi connectivity index (χ4n) is 16.0. The van der Waals surface area contributed by atoms with Crippen LogP contribution in [0.15, 0.2) is 357 Å². The van der Waals surface area contributed by atoms with Gasteiger partial charge < -0.3 is 0 Å². The molecule has 2 aromatic heterocycles. The summed E-state index contributed by atoms with van der Waals surface area (Å²) >= 11 is 0. The van der Waals surface area contributed by atoms with Gasteiger partial charge in [0.2, 0.25) is 0 Å². The molecule has 0 aliphatic carbocycles. The van der Waals surface area contributed by atoms with E-state index in [4.69, 9.17) is 19.9 Å². The zero-order chi connectivity index (χ0) is 65.8. The van der Waals surface area contributed by atoms with Crippen LogP contribution in [0.25, 0.3) is 171 Å². The van der Waals surface area contributed by atoms with Gasteiger partial charge in [0.15, 0.2) is 5.82 Å². The molecule has 0 saturated carbocycles. The van der Waals surface area contributed by atoms with Crippen molar-refractivity contribution >= 4 is 92.5 Å². The number of aromatic nitrogens is 4. The van der Waals surface area contributed by atoms with E-state index in [0.717, 1.165) is 123 Å². The quantitative estimate of drug-likeness (QED) is 0.115. The number of hydrogen-bond acceptors (Lipinski definition) is 4. The Bertz CT molecular complexity index is 6410. The van der Waals surface area contributed by atoms with E-state index >= 15 is 0 Å². The van der Waals surface area contributed by atoms with Crippen LogP contribution in [0.4, 0.5) is 0 Å². The number of rotatable bonds is 12. The lowest BCUT2D eigenvalue weighted by Crippen LogP contribution is -2.12. The van der Waals surface area contributed by atoms with Gasteiger partial charge in [0.25, 0.3) is 0 Å². The molecule has 100 heavy (non-hydrogen) atoms. The summed E-state index contributed by atoms with van der Waals surface area (Å²) in [7, 11) is 0. The summed E-state index contributed by atoms with van der Waals surface area (Å²) in [5.41, 5.74) is 21.5. The SMILES string of the molecule is c1ccc(C2=NC(c3ccccc3)=C(c3ccccc3)C2c2ccc(-c3nc(-c4ccc(-n5c(-c6ccccc6)nc(-c6ccccc6)c5-c5ccccc5)cc4)c4cc(-c5ccc6ccc7cccc8ccc5c6c78)cc(-c5ccc6ccc7cccc8ccc5c6c78)c4n3)cc2)cc1. The smallest absolute Gasteiger partial charge is 0.160 e. The lowest BCUT2D eigenvalue weighted by atomic mass is 9.81. The Morgan fingerprint density at radius 2 is 0.730 bits per heavy atom. The molecule has 0 spiro atoms. The second-order valence-corrected chi connectivity index (χ2v) is 26.3. The van der Waals surface area contributed by atoms with Crippen molar-refractivity contribution in [1.82, 2.24) is 19.5 Å². The van der Waals surface area contributed by atoms with Crippen molar-refractivity contribution < 1.29 is 0 Å². The predicted octanol–water partition coefficient (Wildman–Crippen LogP) is 24.4. The van der Waals surface area contributed by atoms with Gasteiger partial charge in [-0.05, 0) is 128 Å². The lowest BCUT2D eigenvalue weighted by molar-refractivity contribution is 1.07. The van der Waals surface area contributed by atoms with E-state index in [1.807, 2.05) is 0 Å². The zero-order valence-electron chi connectivity index (χ0n) is 54.3. The summed E-state index contributed by atoms with van der Waals surface area (Å²) < 4.78 is 2.33. The van der Waals surface area contributed by atoms with E-state index in [1.165, 1.54) is 70.2 Å². The normalized spacial score (nSPS) is 13.3. The largest absolute Gasteiger partial charge is 0.292 e. The topological polar surface area (TPSA) is 56.0 Å².